The molecule has 1 unspecified atom stereocenters. The van der Waals surface area contributed by atoms with Gasteiger partial charge in [0, 0.05) is 13.2 Å². The maximum atomic E-state index is 8.94. The van der Waals surface area contributed by atoms with Gasteiger partial charge in [0.2, 0.25) is 0 Å². The average molecular weight is 225 g/mol. The standard InChI is InChI=1S/C11H13ClN2O/c1-8(7-15-2)14-11-5-3-4-10(12)9(11)6-13/h3-5,8,14H,7H2,1-2H3. The van der Waals surface area contributed by atoms with Gasteiger partial charge in [0.15, 0.2) is 0 Å². The highest BCUT2D eigenvalue weighted by Gasteiger charge is 2.08. The Hall–Kier alpha value is -1.24. The molecule has 0 aromatic heterocycles. The van der Waals surface area contributed by atoms with Crippen molar-refractivity contribution >= 4 is 17.3 Å². The zero-order chi connectivity index (χ0) is 11.3. The lowest BCUT2D eigenvalue weighted by Crippen LogP contribution is -2.21. The van der Waals surface area contributed by atoms with Gasteiger partial charge in [0.05, 0.1) is 22.9 Å². The van der Waals surface area contributed by atoms with Crippen LogP contribution in [0, 0.1) is 11.3 Å². The highest BCUT2D eigenvalue weighted by atomic mass is 35.5. The molecule has 1 atom stereocenters. The molecular weight excluding hydrogens is 212 g/mol. The first-order valence-corrected chi connectivity index (χ1v) is 5.01. The normalized spacial score (nSPS) is 11.9. The van der Waals surface area contributed by atoms with Crippen molar-refractivity contribution in [3.63, 3.8) is 0 Å². The zero-order valence-corrected chi connectivity index (χ0v) is 9.51. The highest BCUT2D eigenvalue weighted by molar-refractivity contribution is 6.32. The van der Waals surface area contributed by atoms with Crippen LogP contribution in [0.5, 0.6) is 0 Å². The van der Waals surface area contributed by atoms with E-state index in [0.29, 0.717) is 17.2 Å². The molecule has 0 saturated carbocycles. The number of ether oxygens (including phenoxy) is 1. The van der Waals surface area contributed by atoms with Gasteiger partial charge in [-0.15, -0.1) is 0 Å². The van der Waals surface area contributed by atoms with Crippen molar-refractivity contribution in [2.24, 2.45) is 0 Å². The number of anilines is 1. The summed E-state index contributed by atoms with van der Waals surface area (Å²) in [6, 6.07) is 7.56. The van der Waals surface area contributed by atoms with Gasteiger partial charge in [-0.05, 0) is 19.1 Å². The molecular formula is C11H13ClN2O. The summed E-state index contributed by atoms with van der Waals surface area (Å²) in [5, 5.41) is 12.6. The van der Waals surface area contributed by atoms with Gasteiger partial charge in [0.1, 0.15) is 6.07 Å². The molecule has 1 aromatic carbocycles. The summed E-state index contributed by atoms with van der Waals surface area (Å²) >= 11 is 5.90. The van der Waals surface area contributed by atoms with Crippen LogP contribution in [0.15, 0.2) is 18.2 Å². The fraction of sp³-hybridized carbons (Fsp3) is 0.364. The lowest BCUT2D eigenvalue weighted by Gasteiger charge is -2.15. The Kier molecular flexibility index (Phi) is 4.41. The average Bonchev–Trinajstić information content (AvgIpc) is 2.18. The minimum Gasteiger partial charge on any atom is -0.383 e. The highest BCUT2D eigenvalue weighted by Crippen LogP contribution is 2.23. The van der Waals surface area contributed by atoms with E-state index in [1.807, 2.05) is 19.1 Å². The third-order valence-electron chi connectivity index (χ3n) is 1.94. The maximum absolute atomic E-state index is 8.94. The third kappa shape index (κ3) is 3.12. The fourth-order valence-electron chi connectivity index (χ4n) is 1.32. The molecule has 0 radical (unpaired) electrons. The molecule has 1 N–H and O–H groups in total. The zero-order valence-electron chi connectivity index (χ0n) is 8.75. The predicted molar refractivity (Wildman–Crippen MR) is 61.1 cm³/mol. The van der Waals surface area contributed by atoms with Crippen LogP contribution in [0.1, 0.15) is 12.5 Å². The van der Waals surface area contributed by atoms with E-state index in [-0.39, 0.29) is 6.04 Å². The van der Waals surface area contributed by atoms with Crippen LogP contribution in [0.2, 0.25) is 5.02 Å². The minimum atomic E-state index is 0.139. The van der Waals surface area contributed by atoms with Crippen molar-refractivity contribution in [2.45, 2.75) is 13.0 Å². The lowest BCUT2D eigenvalue weighted by atomic mass is 10.2. The topological polar surface area (TPSA) is 45.0 Å². The number of hydrogen-bond acceptors (Lipinski definition) is 3. The van der Waals surface area contributed by atoms with Crippen LogP contribution in [0.4, 0.5) is 5.69 Å². The third-order valence-corrected chi connectivity index (χ3v) is 2.26. The summed E-state index contributed by atoms with van der Waals surface area (Å²) in [7, 11) is 1.64. The first-order chi connectivity index (χ1) is 7.19. The van der Waals surface area contributed by atoms with Gasteiger partial charge in [0.25, 0.3) is 0 Å². The number of halogens is 1. The Labute approximate surface area is 94.6 Å². The second-order valence-electron chi connectivity index (χ2n) is 3.27. The Morgan fingerprint density at radius 1 is 1.60 bits per heavy atom. The molecule has 1 rings (SSSR count). The number of nitriles is 1. The number of benzene rings is 1. The summed E-state index contributed by atoms with van der Waals surface area (Å²) < 4.78 is 5.00. The van der Waals surface area contributed by atoms with Crippen molar-refractivity contribution in [3.05, 3.63) is 28.8 Å². The van der Waals surface area contributed by atoms with Crippen LogP contribution in [0.25, 0.3) is 0 Å². The summed E-state index contributed by atoms with van der Waals surface area (Å²) in [6.07, 6.45) is 0. The van der Waals surface area contributed by atoms with Crippen LogP contribution < -0.4 is 5.32 Å². The molecule has 80 valence electrons. The number of methoxy groups -OCH3 is 1. The molecule has 0 amide bonds. The second-order valence-corrected chi connectivity index (χ2v) is 3.68. The van der Waals surface area contributed by atoms with Gasteiger partial charge in [-0.1, -0.05) is 17.7 Å². The van der Waals surface area contributed by atoms with E-state index >= 15 is 0 Å². The first kappa shape index (κ1) is 11.8. The number of rotatable bonds is 4. The maximum Gasteiger partial charge on any atom is 0.103 e. The molecule has 1 aromatic rings. The van der Waals surface area contributed by atoms with E-state index in [2.05, 4.69) is 11.4 Å². The molecule has 3 nitrogen and oxygen atoms in total. The molecule has 0 spiro atoms. The summed E-state index contributed by atoms with van der Waals surface area (Å²) in [6.45, 7) is 2.56. The van der Waals surface area contributed by atoms with Crippen molar-refractivity contribution in [3.8, 4) is 6.07 Å². The number of nitrogens with zero attached hydrogens (tertiary/aromatic N) is 1. The Balaban J connectivity index is 2.86. The van der Waals surface area contributed by atoms with Gasteiger partial charge in [-0.2, -0.15) is 5.26 Å². The predicted octanol–water partition coefficient (Wildman–Crippen LogP) is 2.66. The van der Waals surface area contributed by atoms with Crippen molar-refractivity contribution in [2.75, 3.05) is 19.0 Å². The molecule has 0 aliphatic carbocycles. The Morgan fingerprint density at radius 3 is 2.93 bits per heavy atom. The fourth-order valence-corrected chi connectivity index (χ4v) is 1.53. The summed E-state index contributed by atoms with van der Waals surface area (Å²) in [5.41, 5.74) is 1.22. The van der Waals surface area contributed by atoms with E-state index in [1.54, 1.807) is 13.2 Å². The molecule has 4 heteroatoms. The van der Waals surface area contributed by atoms with Gasteiger partial charge < -0.3 is 10.1 Å². The Bertz CT molecular complexity index is 373. The smallest absolute Gasteiger partial charge is 0.103 e. The molecule has 0 saturated heterocycles. The minimum absolute atomic E-state index is 0.139. The molecule has 15 heavy (non-hydrogen) atoms. The molecule has 0 aliphatic heterocycles. The summed E-state index contributed by atoms with van der Waals surface area (Å²) in [5.74, 6) is 0. The number of nitrogens with one attached hydrogen (secondary N) is 1. The summed E-state index contributed by atoms with van der Waals surface area (Å²) in [4.78, 5) is 0. The van der Waals surface area contributed by atoms with E-state index < -0.39 is 0 Å². The number of hydrogen-bond donors (Lipinski definition) is 1. The lowest BCUT2D eigenvalue weighted by molar-refractivity contribution is 0.190. The molecule has 0 bridgehead atoms. The molecule has 0 aliphatic rings. The van der Waals surface area contributed by atoms with E-state index in [4.69, 9.17) is 21.6 Å². The van der Waals surface area contributed by atoms with Crippen LogP contribution >= 0.6 is 11.6 Å². The SMILES string of the molecule is COCC(C)Nc1cccc(Cl)c1C#N. The van der Waals surface area contributed by atoms with E-state index in [0.717, 1.165) is 5.69 Å². The molecule has 0 heterocycles. The van der Waals surface area contributed by atoms with Crippen molar-refractivity contribution < 1.29 is 4.74 Å². The van der Waals surface area contributed by atoms with Crippen molar-refractivity contribution in [1.82, 2.24) is 0 Å². The van der Waals surface area contributed by atoms with E-state index in [9.17, 15) is 0 Å². The quantitative estimate of drug-likeness (QED) is 0.855. The van der Waals surface area contributed by atoms with Gasteiger partial charge >= 0.3 is 0 Å². The largest absolute Gasteiger partial charge is 0.383 e. The van der Waals surface area contributed by atoms with Crippen molar-refractivity contribution in [1.29, 1.82) is 5.26 Å². The Morgan fingerprint density at radius 2 is 2.33 bits per heavy atom. The second kappa shape index (κ2) is 5.59. The van der Waals surface area contributed by atoms with Crippen LogP contribution in [0.3, 0.4) is 0 Å². The van der Waals surface area contributed by atoms with Gasteiger partial charge in [-0.25, -0.2) is 0 Å². The first-order valence-electron chi connectivity index (χ1n) is 4.63. The van der Waals surface area contributed by atoms with Gasteiger partial charge in [-0.3, -0.25) is 0 Å². The van der Waals surface area contributed by atoms with Crippen LogP contribution in [-0.4, -0.2) is 19.8 Å². The monoisotopic (exact) mass is 224 g/mol. The van der Waals surface area contributed by atoms with Crippen LogP contribution in [-0.2, 0) is 4.74 Å². The van der Waals surface area contributed by atoms with E-state index in [1.165, 1.54) is 0 Å². The molecule has 0 fully saturated rings.